The van der Waals surface area contributed by atoms with Crippen molar-refractivity contribution in [2.24, 2.45) is 0 Å². The molecule has 0 fully saturated rings. The van der Waals surface area contributed by atoms with Crippen molar-refractivity contribution in [1.29, 1.82) is 0 Å². The molecule has 0 bridgehead atoms. The molecule has 0 aliphatic rings. The van der Waals surface area contributed by atoms with Gasteiger partial charge in [0.15, 0.2) is 0 Å². The molecule has 0 aliphatic carbocycles. The summed E-state index contributed by atoms with van der Waals surface area (Å²) < 4.78 is 27.0. The van der Waals surface area contributed by atoms with E-state index in [0.29, 0.717) is 10.6 Å². The van der Waals surface area contributed by atoms with Crippen LogP contribution in [0.5, 0.6) is 0 Å². The van der Waals surface area contributed by atoms with Crippen molar-refractivity contribution in [2.75, 3.05) is 6.61 Å². The lowest BCUT2D eigenvalue weighted by atomic mass is 10.1. The highest BCUT2D eigenvalue weighted by atomic mass is 35.5. The summed E-state index contributed by atoms with van der Waals surface area (Å²) in [6.07, 6.45) is 0. The van der Waals surface area contributed by atoms with Crippen LogP contribution in [0.15, 0.2) is 59.5 Å². The van der Waals surface area contributed by atoms with Gasteiger partial charge in [0.05, 0.1) is 17.5 Å². The van der Waals surface area contributed by atoms with Gasteiger partial charge in [0.2, 0.25) is 10.0 Å². The minimum Gasteiger partial charge on any atom is -0.394 e. The van der Waals surface area contributed by atoms with Crippen LogP contribution < -0.4 is 4.72 Å². The first-order valence-electron chi connectivity index (χ1n) is 5.96. The normalized spacial score (nSPS) is 13.1. The van der Waals surface area contributed by atoms with Crippen LogP contribution >= 0.6 is 11.6 Å². The van der Waals surface area contributed by atoms with Gasteiger partial charge in [-0.2, -0.15) is 0 Å². The first-order valence-corrected chi connectivity index (χ1v) is 7.83. The molecule has 2 rings (SSSR count). The van der Waals surface area contributed by atoms with Crippen LogP contribution in [0.1, 0.15) is 11.6 Å². The summed E-state index contributed by atoms with van der Waals surface area (Å²) in [5.74, 6) is 0. The molecule has 0 aliphatic heterocycles. The number of rotatable bonds is 5. The fourth-order valence-electron chi connectivity index (χ4n) is 1.79. The molecule has 0 heterocycles. The Hall–Kier alpha value is -1.40. The third kappa shape index (κ3) is 3.58. The molecule has 2 aromatic carbocycles. The summed E-state index contributed by atoms with van der Waals surface area (Å²) in [6, 6.07) is 14.2. The number of hydrogen-bond acceptors (Lipinski definition) is 3. The molecule has 4 nitrogen and oxygen atoms in total. The van der Waals surface area contributed by atoms with E-state index in [1.54, 1.807) is 36.4 Å². The average Bonchev–Trinajstić information content (AvgIpc) is 2.46. The molecule has 0 saturated carbocycles. The second-order valence-electron chi connectivity index (χ2n) is 4.22. The number of hydrogen-bond donors (Lipinski definition) is 2. The van der Waals surface area contributed by atoms with E-state index in [-0.39, 0.29) is 11.5 Å². The number of aliphatic hydroxyl groups excluding tert-OH is 1. The molecule has 0 saturated heterocycles. The van der Waals surface area contributed by atoms with E-state index in [2.05, 4.69) is 4.72 Å². The fourth-order valence-corrected chi connectivity index (χ4v) is 3.30. The van der Waals surface area contributed by atoms with E-state index in [1.807, 2.05) is 6.07 Å². The van der Waals surface area contributed by atoms with Gasteiger partial charge < -0.3 is 5.11 Å². The van der Waals surface area contributed by atoms with Crippen molar-refractivity contribution in [2.45, 2.75) is 10.9 Å². The number of halogens is 1. The van der Waals surface area contributed by atoms with Crippen LogP contribution in [0.4, 0.5) is 0 Å². The molecule has 106 valence electrons. The van der Waals surface area contributed by atoms with Gasteiger partial charge in [-0.15, -0.1) is 0 Å². The van der Waals surface area contributed by atoms with Crippen molar-refractivity contribution >= 4 is 21.6 Å². The Bertz CT molecular complexity index is 674. The maximum absolute atomic E-state index is 12.2. The van der Waals surface area contributed by atoms with Crippen molar-refractivity contribution in [3.63, 3.8) is 0 Å². The predicted octanol–water partition coefficient (Wildman–Crippen LogP) is 2.35. The minimum absolute atomic E-state index is 0.0689. The molecular weight excluding hydrogens is 298 g/mol. The van der Waals surface area contributed by atoms with E-state index in [9.17, 15) is 13.5 Å². The van der Waals surface area contributed by atoms with Crippen molar-refractivity contribution in [3.05, 3.63) is 65.2 Å². The zero-order chi connectivity index (χ0) is 14.6. The molecule has 0 radical (unpaired) electrons. The van der Waals surface area contributed by atoms with Gasteiger partial charge >= 0.3 is 0 Å². The number of aliphatic hydroxyl groups is 1. The highest BCUT2D eigenvalue weighted by Crippen LogP contribution is 2.19. The number of sulfonamides is 1. The summed E-state index contributed by atoms with van der Waals surface area (Å²) in [5, 5.41) is 9.73. The Morgan fingerprint density at radius 1 is 1.10 bits per heavy atom. The SMILES string of the molecule is O=S(=O)(N[C@@H](CO)c1ccccc1)c1cccc(Cl)c1. The Morgan fingerprint density at radius 2 is 1.80 bits per heavy atom. The molecule has 0 unspecified atom stereocenters. The maximum Gasteiger partial charge on any atom is 0.241 e. The third-order valence-corrected chi connectivity index (χ3v) is 4.49. The van der Waals surface area contributed by atoms with Gasteiger partial charge in [0.25, 0.3) is 0 Å². The van der Waals surface area contributed by atoms with Crippen molar-refractivity contribution in [3.8, 4) is 0 Å². The summed E-state index contributed by atoms with van der Waals surface area (Å²) in [5.41, 5.74) is 0.695. The molecular formula is C14H14ClNO3S. The first kappa shape index (κ1) is 15.0. The van der Waals surface area contributed by atoms with Gasteiger partial charge in [-0.1, -0.05) is 48.0 Å². The Morgan fingerprint density at radius 3 is 2.40 bits per heavy atom. The van der Waals surface area contributed by atoms with Gasteiger partial charge in [0.1, 0.15) is 0 Å². The quantitative estimate of drug-likeness (QED) is 0.891. The zero-order valence-electron chi connectivity index (χ0n) is 10.5. The Labute approximate surface area is 123 Å². The topological polar surface area (TPSA) is 66.4 Å². The zero-order valence-corrected chi connectivity index (χ0v) is 12.1. The average molecular weight is 312 g/mol. The first-order chi connectivity index (χ1) is 9.53. The van der Waals surface area contributed by atoms with Crippen LogP contribution in [-0.2, 0) is 10.0 Å². The Kier molecular flexibility index (Phi) is 4.77. The van der Waals surface area contributed by atoms with Gasteiger partial charge in [0, 0.05) is 5.02 Å². The summed E-state index contributed by atoms with van der Waals surface area (Å²) in [7, 11) is -3.74. The third-order valence-electron chi connectivity index (χ3n) is 2.79. The lowest BCUT2D eigenvalue weighted by Gasteiger charge is -2.17. The molecule has 2 aromatic rings. The second kappa shape index (κ2) is 6.37. The summed E-state index contributed by atoms with van der Waals surface area (Å²) in [6.45, 7) is -0.330. The molecule has 6 heteroatoms. The standard InChI is InChI=1S/C14H14ClNO3S/c15-12-7-4-8-13(9-12)20(18,19)16-14(10-17)11-5-2-1-3-6-11/h1-9,14,16-17H,10H2/t14-/m0/s1. The van der Waals surface area contributed by atoms with E-state index in [0.717, 1.165) is 0 Å². The second-order valence-corrected chi connectivity index (χ2v) is 6.37. The smallest absolute Gasteiger partial charge is 0.241 e. The fraction of sp³-hybridized carbons (Fsp3) is 0.143. The van der Waals surface area contributed by atoms with E-state index < -0.39 is 16.1 Å². The predicted molar refractivity (Wildman–Crippen MR) is 78.0 cm³/mol. The van der Waals surface area contributed by atoms with Gasteiger partial charge in [-0.25, -0.2) is 13.1 Å². The molecule has 0 aromatic heterocycles. The number of nitrogens with one attached hydrogen (secondary N) is 1. The molecule has 2 N–H and O–H groups in total. The lowest BCUT2D eigenvalue weighted by Crippen LogP contribution is -2.30. The van der Waals surface area contributed by atoms with Crippen LogP contribution in [-0.4, -0.2) is 20.1 Å². The largest absolute Gasteiger partial charge is 0.394 e. The Balaban J connectivity index is 2.27. The molecule has 0 amide bonds. The lowest BCUT2D eigenvalue weighted by molar-refractivity contribution is 0.259. The summed E-state index contributed by atoms with van der Waals surface area (Å²) in [4.78, 5) is 0.0689. The van der Waals surface area contributed by atoms with E-state index in [4.69, 9.17) is 11.6 Å². The summed E-state index contributed by atoms with van der Waals surface area (Å²) >= 11 is 5.80. The molecule has 1 atom stereocenters. The van der Waals surface area contributed by atoms with Gasteiger partial charge in [-0.3, -0.25) is 0 Å². The minimum atomic E-state index is -3.74. The molecule has 0 spiro atoms. The van der Waals surface area contributed by atoms with Gasteiger partial charge in [-0.05, 0) is 23.8 Å². The highest BCUT2D eigenvalue weighted by molar-refractivity contribution is 7.89. The number of benzene rings is 2. The highest BCUT2D eigenvalue weighted by Gasteiger charge is 2.20. The van der Waals surface area contributed by atoms with E-state index in [1.165, 1.54) is 12.1 Å². The van der Waals surface area contributed by atoms with E-state index >= 15 is 0 Å². The van der Waals surface area contributed by atoms with Crippen LogP contribution in [0.2, 0.25) is 5.02 Å². The van der Waals surface area contributed by atoms with Crippen molar-refractivity contribution < 1.29 is 13.5 Å². The maximum atomic E-state index is 12.2. The van der Waals surface area contributed by atoms with Crippen LogP contribution in [0.25, 0.3) is 0 Å². The van der Waals surface area contributed by atoms with Crippen LogP contribution in [0.3, 0.4) is 0 Å². The van der Waals surface area contributed by atoms with Crippen LogP contribution in [0, 0.1) is 0 Å². The monoisotopic (exact) mass is 311 g/mol. The van der Waals surface area contributed by atoms with Crippen molar-refractivity contribution in [1.82, 2.24) is 4.72 Å². The molecule has 20 heavy (non-hydrogen) atoms.